The first kappa shape index (κ1) is 69.3. The van der Waals surface area contributed by atoms with Crippen LogP contribution >= 0.6 is 0 Å². The van der Waals surface area contributed by atoms with Crippen LogP contribution in [-0.4, -0.2) is 91.4 Å². The number of ether oxygens (including phenoxy) is 1. The zero-order chi connectivity index (χ0) is 52.9. The van der Waals surface area contributed by atoms with E-state index in [-0.39, 0.29) is 32.7 Å². The summed E-state index contributed by atoms with van der Waals surface area (Å²) in [4.78, 5) is 62.1. The molecule has 7 N–H and O–H groups in total. The fraction of sp³-hybridized carbons (Fsp3) is 0.643. The van der Waals surface area contributed by atoms with Gasteiger partial charge in [-0.3, -0.25) is 19.2 Å². The van der Waals surface area contributed by atoms with Gasteiger partial charge in [0, 0.05) is 31.1 Å². The van der Waals surface area contributed by atoms with Gasteiger partial charge in [-0.2, -0.15) is 0 Å². The largest absolute Gasteiger partial charge is 0.481 e. The van der Waals surface area contributed by atoms with E-state index in [1.165, 1.54) is 89.9 Å². The van der Waals surface area contributed by atoms with Gasteiger partial charge in [-0.25, -0.2) is 9.59 Å². The molecular formula is C56H92O14. The molecule has 0 aliphatic carbocycles. The number of hydrogen-bond acceptors (Lipinski definition) is 10. The van der Waals surface area contributed by atoms with Gasteiger partial charge in [-0.1, -0.05) is 146 Å². The van der Waals surface area contributed by atoms with Gasteiger partial charge in [0.2, 0.25) is 0 Å². The first-order valence-electron chi connectivity index (χ1n) is 25.9. The average Bonchev–Trinajstić information content (AvgIpc) is 3.63. The summed E-state index contributed by atoms with van der Waals surface area (Å²) in [5, 5.41) is 59.2. The number of rotatable bonds is 37. The summed E-state index contributed by atoms with van der Waals surface area (Å²) >= 11 is 0. The van der Waals surface area contributed by atoms with Crippen molar-refractivity contribution in [1.82, 2.24) is 0 Å². The first-order valence-corrected chi connectivity index (χ1v) is 25.9. The van der Waals surface area contributed by atoms with Crippen molar-refractivity contribution in [2.45, 2.75) is 207 Å². The van der Waals surface area contributed by atoms with Gasteiger partial charge in [-0.05, 0) is 108 Å². The molecule has 1 aromatic rings. The Labute approximate surface area is 420 Å². The molecule has 0 aromatic heterocycles. The molecule has 0 bridgehead atoms. The number of esters is 2. The number of fused-ring (bicyclic) bond motifs is 1. The van der Waals surface area contributed by atoms with E-state index in [1.807, 2.05) is 6.92 Å². The minimum atomic E-state index is -0.870. The number of carbonyl (C=O) groups is 6. The third-order valence-electron chi connectivity index (χ3n) is 11.0. The number of unbranched alkanes of at least 4 members (excludes halogenated alkanes) is 17. The molecule has 0 atom stereocenters. The zero-order valence-corrected chi connectivity index (χ0v) is 43.0. The Morgan fingerprint density at radius 2 is 0.700 bits per heavy atom. The maximum Gasteiger partial charge on any atom is 0.346 e. The molecule has 1 heterocycles. The lowest BCUT2D eigenvalue weighted by molar-refractivity contribution is -0.139. The second-order valence-electron chi connectivity index (χ2n) is 17.3. The molecule has 0 radical (unpaired) electrons. The summed E-state index contributed by atoms with van der Waals surface area (Å²) in [7, 11) is 0. The number of hydrogen-bond donors (Lipinski definition) is 7. The van der Waals surface area contributed by atoms with E-state index in [9.17, 15) is 28.8 Å². The Hall–Kier alpha value is -4.92. The van der Waals surface area contributed by atoms with Gasteiger partial charge >= 0.3 is 35.8 Å². The fourth-order valence-electron chi connectivity index (χ4n) is 6.25. The predicted molar refractivity (Wildman–Crippen MR) is 278 cm³/mol. The Morgan fingerprint density at radius 3 is 0.957 bits per heavy atom. The molecule has 1 aliphatic heterocycles. The summed E-state index contributed by atoms with van der Waals surface area (Å²) in [6.07, 6.45) is 46.2. The maximum atomic E-state index is 10.8. The smallest absolute Gasteiger partial charge is 0.346 e. The quantitative estimate of drug-likeness (QED) is 0.0142. The number of carbonyl (C=O) groups excluding carboxylic acids is 2. The molecular weight excluding hydrogens is 897 g/mol. The highest BCUT2D eigenvalue weighted by molar-refractivity contribution is 6.14. The molecule has 400 valence electrons. The first-order chi connectivity index (χ1) is 33.7. The van der Waals surface area contributed by atoms with Gasteiger partial charge < -0.3 is 40.5 Å². The molecule has 0 unspecified atom stereocenters. The number of carboxylic acid groups (broad SMARTS) is 4. The molecule has 2 rings (SSSR count). The van der Waals surface area contributed by atoms with Crippen LogP contribution in [0.3, 0.4) is 0 Å². The van der Waals surface area contributed by atoms with Crippen LogP contribution in [0.5, 0.6) is 0 Å². The summed E-state index contributed by atoms with van der Waals surface area (Å²) < 4.78 is 4.35. The Balaban J connectivity index is -0.000000834. The van der Waals surface area contributed by atoms with E-state index in [0.29, 0.717) is 43.2 Å². The number of benzene rings is 1. The molecule has 0 spiro atoms. The monoisotopic (exact) mass is 989 g/mol. The SMILES string of the molecule is CCC(CO)(CO)CO.CCCCC/C=C\C/C=C\CCCCCCCC(=O)O.CCCCC/C=C\C/C=C\CCCCCCCC(=O)O.O=C(O)CCCCC(=O)O.O=C1OC(=O)c2ccccc21. The summed E-state index contributed by atoms with van der Waals surface area (Å²) in [5.74, 6) is -4.18. The average molecular weight is 989 g/mol. The van der Waals surface area contributed by atoms with Gasteiger partial charge in [0.05, 0.1) is 30.9 Å². The summed E-state index contributed by atoms with van der Waals surface area (Å²) in [6, 6.07) is 6.53. The van der Waals surface area contributed by atoms with Gasteiger partial charge in [-0.15, -0.1) is 0 Å². The van der Waals surface area contributed by atoms with E-state index >= 15 is 0 Å². The number of aliphatic carboxylic acids is 4. The van der Waals surface area contributed by atoms with Crippen molar-refractivity contribution in [1.29, 1.82) is 0 Å². The third-order valence-corrected chi connectivity index (χ3v) is 11.0. The molecule has 1 aliphatic rings. The van der Waals surface area contributed by atoms with Gasteiger partial charge in [0.25, 0.3) is 0 Å². The fourth-order valence-corrected chi connectivity index (χ4v) is 6.25. The standard InChI is InChI=1S/2C18H32O2.C8H4O3.C6H10O4.C6H14O3/c2*1-2-3-4-5-6-7-8-9-10-11-12-13-14-15-16-17-18(19)20;9-7-5-3-1-2-4-6(5)8(10)11-7;7-5(8)3-1-2-4-6(9)10;1-2-6(3-7,4-8)5-9/h2*6-7,9-10H,2-5,8,11-17H2,1H3,(H,19,20);1-4H;1-4H2,(H,7,8)(H,9,10);7-9H,2-5H2,1H3/b2*7-6-,10-9-;;;. The number of aliphatic hydroxyl groups is 3. The lowest BCUT2D eigenvalue weighted by Crippen LogP contribution is -2.32. The highest BCUT2D eigenvalue weighted by Gasteiger charge is 2.28. The highest BCUT2D eigenvalue weighted by atomic mass is 16.6. The molecule has 1 aromatic carbocycles. The van der Waals surface area contributed by atoms with Crippen molar-refractivity contribution in [2.75, 3.05) is 19.8 Å². The Kier molecular flexibility index (Phi) is 51.4. The Bertz CT molecular complexity index is 1470. The molecule has 0 fully saturated rings. The van der Waals surface area contributed by atoms with Crippen LogP contribution in [0.2, 0.25) is 0 Å². The van der Waals surface area contributed by atoms with Crippen molar-refractivity contribution in [3.05, 3.63) is 84.0 Å². The van der Waals surface area contributed by atoms with Crippen molar-refractivity contribution >= 4 is 35.8 Å². The van der Waals surface area contributed by atoms with Crippen molar-refractivity contribution < 1.29 is 69.2 Å². The second-order valence-corrected chi connectivity index (χ2v) is 17.3. The lowest BCUT2D eigenvalue weighted by Gasteiger charge is -2.24. The number of carboxylic acids is 4. The number of aliphatic hydroxyl groups excluding tert-OH is 3. The third kappa shape index (κ3) is 48.1. The van der Waals surface area contributed by atoms with Crippen LogP contribution < -0.4 is 0 Å². The molecule has 0 saturated carbocycles. The van der Waals surface area contributed by atoms with Crippen LogP contribution in [0.25, 0.3) is 0 Å². The molecule has 14 heteroatoms. The summed E-state index contributed by atoms with van der Waals surface area (Å²) in [6.45, 7) is 5.82. The van der Waals surface area contributed by atoms with Gasteiger partial charge in [0.1, 0.15) is 0 Å². The number of cyclic esters (lactones) is 2. The van der Waals surface area contributed by atoms with E-state index in [1.54, 1.807) is 24.3 Å². The van der Waals surface area contributed by atoms with E-state index in [0.717, 1.165) is 51.4 Å². The van der Waals surface area contributed by atoms with Crippen molar-refractivity contribution in [3.63, 3.8) is 0 Å². The number of allylic oxidation sites excluding steroid dienone is 8. The normalized spacial score (nSPS) is 11.8. The van der Waals surface area contributed by atoms with Crippen LogP contribution in [-0.2, 0) is 23.9 Å². The minimum Gasteiger partial charge on any atom is -0.481 e. The Morgan fingerprint density at radius 1 is 0.429 bits per heavy atom. The van der Waals surface area contributed by atoms with Crippen molar-refractivity contribution in [3.8, 4) is 0 Å². The van der Waals surface area contributed by atoms with Crippen LogP contribution in [0.1, 0.15) is 228 Å². The van der Waals surface area contributed by atoms with E-state index in [4.69, 9.17) is 35.7 Å². The van der Waals surface area contributed by atoms with E-state index < -0.39 is 41.2 Å². The maximum absolute atomic E-state index is 10.8. The topological polar surface area (TPSA) is 253 Å². The molecule has 70 heavy (non-hydrogen) atoms. The van der Waals surface area contributed by atoms with Crippen LogP contribution in [0.15, 0.2) is 72.9 Å². The second kappa shape index (κ2) is 51.9. The van der Waals surface area contributed by atoms with Gasteiger partial charge in [0.15, 0.2) is 0 Å². The zero-order valence-electron chi connectivity index (χ0n) is 43.0. The highest BCUT2D eigenvalue weighted by Crippen LogP contribution is 2.19. The molecule has 0 amide bonds. The van der Waals surface area contributed by atoms with E-state index in [2.05, 4.69) is 67.2 Å². The van der Waals surface area contributed by atoms with Crippen LogP contribution in [0.4, 0.5) is 0 Å². The van der Waals surface area contributed by atoms with Crippen molar-refractivity contribution in [2.24, 2.45) is 5.41 Å². The van der Waals surface area contributed by atoms with Crippen LogP contribution in [0, 0.1) is 5.41 Å². The molecule has 0 saturated heterocycles. The summed E-state index contributed by atoms with van der Waals surface area (Å²) in [5.41, 5.74) is 0.0509. The minimum absolute atomic E-state index is 0.0628. The lowest BCUT2D eigenvalue weighted by atomic mass is 9.88. The predicted octanol–water partition coefficient (Wildman–Crippen LogP) is 12.8. The molecule has 14 nitrogen and oxygen atoms in total.